The maximum Gasteiger partial charge on any atom is 0.250 e. The van der Waals surface area contributed by atoms with Gasteiger partial charge in [0.25, 0.3) is 0 Å². The third-order valence-corrected chi connectivity index (χ3v) is 2.62. The molecule has 1 N–H and O–H groups in total. The first-order valence-electron chi connectivity index (χ1n) is 6.11. The van der Waals surface area contributed by atoms with Crippen LogP contribution in [0.2, 0.25) is 0 Å². The summed E-state index contributed by atoms with van der Waals surface area (Å²) < 4.78 is 25.8. The number of unbranched alkanes of at least 4 members (excludes halogenated alkanes) is 6. The van der Waals surface area contributed by atoms with E-state index in [0.717, 1.165) is 12.8 Å². The molecule has 3 heteroatoms. The fourth-order valence-corrected chi connectivity index (χ4v) is 1.63. The van der Waals surface area contributed by atoms with Crippen LogP contribution in [0, 0.1) is 0 Å². The maximum atomic E-state index is 12.9. The molecule has 0 rings (SSSR count). The average molecular weight is 222 g/mol. The van der Waals surface area contributed by atoms with E-state index in [4.69, 9.17) is 5.11 Å². The second-order valence-corrected chi connectivity index (χ2v) is 4.20. The predicted molar refractivity (Wildman–Crippen MR) is 59.3 cm³/mol. The quantitative estimate of drug-likeness (QED) is 0.551. The van der Waals surface area contributed by atoms with Gasteiger partial charge in [-0.15, -0.1) is 0 Å². The second-order valence-electron chi connectivity index (χ2n) is 4.20. The second kappa shape index (κ2) is 9.08. The minimum atomic E-state index is -2.65. The van der Waals surface area contributed by atoms with Crippen LogP contribution in [0.3, 0.4) is 0 Å². The summed E-state index contributed by atoms with van der Waals surface area (Å²) in [5, 5.41) is 8.42. The van der Waals surface area contributed by atoms with Gasteiger partial charge in [-0.05, 0) is 6.42 Å². The van der Waals surface area contributed by atoms with E-state index >= 15 is 0 Å². The molecule has 0 radical (unpaired) electrons. The standard InChI is InChI=1S/C12H24F2O/c1-2-3-4-5-6-7-8-9-12(13,14)10-11-15/h15H,2-11H2,1H3. The molecule has 0 aliphatic carbocycles. The summed E-state index contributed by atoms with van der Waals surface area (Å²) in [5.41, 5.74) is 0. The molecule has 0 aliphatic heterocycles. The zero-order valence-electron chi connectivity index (χ0n) is 9.77. The average Bonchev–Trinajstić information content (AvgIpc) is 2.16. The van der Waals surface area contributed by atoms with Crippen LogP contribution >= 0.6 is 0 Å². The minimum Gasteiger partial charge on any atom is -0.396 e. The number of aliphatic hydroxyl groups excluding tert-OH is 1. The Morgan fingerprint density at radius 3 is 1.93 bits per heavy atom. The molecular formula is C12H24F2O. The molecule has 0 heterocycles. The van der Waals surface area contributed by atoms with Gasteiger partial charge in [0.05, 0.1) is 0 Å². The summed E-state index contributed by atoms with van der Waals surface area (Å²) in [6.45, 7) is 1.75. The van der Waals surface area contributed by atoms with Crippen molar-refractivity contribution in [2.24, 2.45) is 0 Å². The lowest BCUT2D eigenvalue weighted by Gasteiger charge is -2.14. The van der Waals surface area contributed by atoms with Crippen molar-refractivity contribution in [1.82, 2.24) is 0 Å². The fraction of sp³-hybridized carbons (Fsp3) is 1.00. The van der Waals surface area contributed by atoms with Crippen LogP contribution < -0.4 is 0 Å². The first kappa shape index (κ1) is 14.8. The third kappa shape index (κ3) is 10.1. The van der Waals surface area contributed by atoms with Crippen molar-refractivity contribution in [3.63, 3.8) is 0 Å². The first-order valence-corrected chi connectivity index (χ1v) is 6.11. The number of aliphatic hydroxyl groups is 1. The predicted octanol–water partition coefficient (Wildman–Crippen LogP) is 4.14. The first-order chi connectivity index (χ1) is 7.12. The van der Waals surface area contributed by atoms with E-state index in [1.807, 2.05) is 0 Å². The third-order valence-electron chi connectivity index (χ3n) is 2.62. The lowest BCUT2D eigenvalue weighted by Crippen LogP contribution is -2.17. The van der Waals surface area contributed by atoms with Gasteiger partial charge >= 0.3 is 0 Å². The van der Waals surface area contributed by atoms with Crippen molar-refractivity contribution in [1.29, 1.82) is 0 Å². The van der Waals surface area contributed by atoms with Crippen LogP contribution in [0.5, 0.6) is 0 Å². The Morgan fingerprint density at radius 1 is 0.867 bits per heavy atom. The number of hydrogen-bond donors (Lipinski definition) is 1. The monoisotopic (exact) mass is 222 g/mol. The van der Waals surface area contributed by atoms with Gasteiger partial charge in [0.1, 0.15) is 0 Å². The topological polar surface area (TPSA) is 20.2 Å². The highest BCUT2D eigenvalue weighted by atomic mass is 19.3. The van der Waals surface area contributed by atoms with Crippen molar-refractivity contribution >= 4 is 0 Å². The van der Waals surface area contributed by atoms with E-state index < -0.39 is 12.5 Å². The highest BCUT2D eigenvalue weighted by Gasteiger charge is 2.26. The van der Waals surface area contributed by atoms with E-state index in [1.54, 1.807) is 0 Å². The Morgan fingerprint density at radius 2 is 1.40 bits per heavy atom. The Labute approximate surface area is 91.9 Å². The molecule has 0 bridgehead atoms. The highest BCUT2D eigenvalue weighted by Crippen LogP contribution is 2.25. The highest BCUT2D eigenvalue weighted by molar-refractivity contribution is 4.65. The number of rotatable bonds is 10. The summed E-state index contributed by atoms with van der Waals surface area (Å²) in [6, 6.07) is 0. The van der Waals surface area contributed by atoms with E-state index in [9.17, 15) is 8.78 Å². The fourth-order valence-electron chi connectivity index (χ4n) is 1.63. The van der Waals surface area contributed by atoms with E-state index in [0.29, 0.717) is 6.42 Å². The number of hydrogen-bond acceptors (Lipinski definition) is 1. The van der Waals surface area contributed by atoms with Crippen molar-refractivity contribution < 1.29 is 13.9 Å². The van der Waals surface area contributed by atoms with E-state index in [1.165, 1.54) is 25.7 Å². The largest absolute Gasteiger partial charge is 0.396 e. The van der Waals surface area contributed by atoms with Gasteiger partial charge < -0.3 is 5.11 Å². The molecule has 0 aromatic carbocycles. The maximum absolute atomic E-state index is 12.9. The zero-order chi connectivity index (χ0) is 11.6. The molecule has 1 nitrogen and oxygen atoms in total. The van der Waals surface area contributed by atoms with Crippen LogP contribution in [0.25, 0.3) is 0 Å². The minimum absolute atomic E-state index is 0.0681. The van der Waals surface area contributed by atoms with E-state index in [-0.39, 0.29) is 12.8 Å². The van der Waals surface area contributed by atoms with Crippen molar-refractivity contribution in [3.05, 3.63) is 0 Å². The number of halogens is 2. The van der Waals surface area contributed by atoms with Crippen LogP contribution in [0.15, 0.2) is 0 Å². The summed E-state index contributed by atoms with van der Waals surface area (Å²) in [5.74, 6) is -2.65. The molecule has 0 fully saturated rings. The smallest absolute Gasteiger partial charge is 0.250 e. The van der Waals surface area contributed by atoms with Crippen LogP contribution in [0.1, 0.15) is 64.7 Å². The Balaban J connectivity index is 3.22. The van der Waals surface area contributed by atoms with Crippen molar-refractivity contribution in [3.8, 4) is 0 Å². The van der Waals surface area contributed by atoms with Gasteiger partial charge in [-0.3, -0.25) is 0 Å². The van der Waals surface area contributed by atoms with Crippen LogP contribution in [-0.4, -0.2) is 17.6 Å². The summed E-state index contributed by atoms with van der Waals surface area (Å²) in [7, 11) is 0. The molecule has 0 amide bonds. The van der Waals surface area contributed by atoms with Gasteiger partial charge in [-0.2, -0.15) is 0 Å². The van der Waals surface area contributed by atoms with Gasteiger partial charge in [0.15, 0.2) is 0 Å². The Bertz CT molecular complexity index is 138. The van der Waals surface area contributed by atoms with Gasteiger partial charge in [-0.1, -0.05) is 45.4 Å². The molecule has 0 aliphatic rings. The van der Waals surface area contributed by atoms with Crippen LogP contribution in [-0.2, 0) is 0 Å². The lowest BCUT2D eigenvalue weighted by molar-refractivity contribution is -0.0308. The Kier molecular flexibility index (Phi) is 8.97. The molecule has 0 saturated carbocycles. The Hall–Kier alpha value is -0.180. The summed E-state index contributed by atoms with van der Waals surface area (Å²) in [6.07, 6.45) is 6.95. The number of alkyl halides is 2. The SMILES string of the molecule is CCCCCCCCCC(F)(F)CCO. The molecule has 15 heavy (non-hydrogen) atoms. The molecule has 0 unspecified atom stereocenters. The zero-order valence-corrected chi connectivity index (χ0v) is 9.77. The van der Waals surface area contributed by atoms with Crippen molar-refractivity contribution in [2.75, 3.05) is 6.61 Å². The molecule has 0 saturated heterocycles. The molecule has 0 spiro atoms. The molecule has 92 valence electrons. The lowest BCUT2D eigenvalue weighted by atomic mass is 10.0. The molecule has 0 aromatic heterocycles. The van der Waals surface area contributed by atoms with Crippen LogP contribution in [0.4, 0.5) is 8.78 Å². The van der Waals surface area contributed by atoms with Gasteiger partial charge in [0, 0.05) is 19.4 Å². The molecular weight excluding hydrogens is 198 g/mol. The summed E-state index contributed by atoms with van der Waals surface area (Å²) in [4.78, 5) is 0. The van der Waals surface area contributed by atoms with E-state index in [2.05, 4.69) is 6.92 Å². The normalized spacial score (nSPS) is 12.0. The van der Waals surface area contributed by atoms with Gasteiger partial charge in [-0.25, -0.2) is 8.78 Å². The molecule has 0 atom stereocenters. The molecule has 0 aromatic rings. The van der Waals surface area contributed by atoms with Crippen molar-refractivity contribution in [2.45, 2.75) is 70.6 Å². The summed E-state index contributed by atoms with van der Waals surface area (Å²) >= 11 is 0. The van der Waals surface area contributed by atoms with Gasteiger partial charge in [0.2, 0.25) is 5.92 Å².